The molecule has 5 nitrogen and oxygen atoms in total. The summed E-state index contributed by atoms with van der Waals surface area (Å²) < 4.78 is 5.88. The summed E-state index contributed by atoms with van der Waals surface area (Å²) in [5.74, 6) is -1.20. The van der Waals surface area contributed by atoms with Crippen molar-refractivity contribution in [1.29, 1.82) is 0 Å². The van der Waals surface area contributed by atoms with Crippen LogP contribution in [0.4, 0.5) is 0 Å². The van der Waals surface area contributed by atoms with E-state index in [1.165, 1.54) is 5.57 Å². The average molecular weight is 489 g/mol. The van der Waals surface area contributed by atoms with Crippen LogP contribution >= 0.6 is 0 Å². The molecular weight excluding hydrogens is 440 g/mol. The Morgan fingerprint density at radius 1 is 1.00 bits per heavy atom. The number of rotatable bonds is 1. The average Bonchev–Trinajstić information content (AvgIpc) is 2.79. The topological polar surface area (TPSA) is 87.0 Å². The van der Waals surface area contributed by atoms with Crippen molar-refractivity contribution in [1.82, 2.24) is 0 Å². The van der Waals surface area contributed by atoms with Gasteiger partial charge in [0, 0.05) is 18.3 Å². The maximum atomic E-state index is 13.0. The van der Waals surface area contributed by atoms with Crippen LogP contribution < -0.4 is 0 Å². The Hall–Kier alpha value is -1.95. The predicted octanol–water partition coefficient (Wildman–Crippen LogP) is 5.68. The first kappa shape index (κ1) is 31.1. The Bertz CT molecular complexity index is 847. The molecule has 0 amide bonds. The largest absolute Gasteiger partial charge is 0.457 e. The van der Waals surface area contributed by atoms with Gasteiger partial charge in [-0.05, 0) is 70.6 Å². The number of carbonyl (C=O) groups excluding carboxylic acids is 1. The molecule has 35 heavy (non-hydrogen) atoms. The molecule has 1 rings (SSSR count). The molecule has 1 heterocycles. The Labute approximate surface area is 213 Å². The first-order valence-electron chi connectivity index (χ1n) is 12.9. The third-order valence-electron chi connectivity index (χ3n) is 7.05. The van der Waals surface area contributed by atoms with Crippen molar-refractivity contribution < 1.29 is 24.9 Å². The molecule has 0 aromatic heterocycles. The highest BCUT2D eigenvalue weighted by Gasteiger charge is 2.30. The fraction of sp³-hybridized carbons (Fsp3) is 0.633. The van der Waals surface area contributed by atoms with E-state index >= 15 is 0 Å². The number of esters is 1. The quantitative estimate of drug-likeness (QED) is 0.326. The van der Waals surface area contributed by atoms with Gasteiger partial charge >= 0.3 is 5.97 Å². The van der Waals surface area contributed by atoms with Crippen LogP contribution in [0, 0.1) is 23.7 Å². The third kappa shape index (κ3) is 9.91. The van der Waals surface area contributed by atoms with E-state index in [2.05, 4.69) is 26.0 Å². The number of aliphatic hydroxyl groups excluding tert-OH is 3. The van der Waals surface area contributed by atoms with E-state index in [1.54, 1.807) is 6.92 Å². The summed E-state index contributed by atoms with van der Waals surface area (Å²) in [6, 6.07) is 0. The maximum Gasteiger partial charge on any atom is 0.312 e. The van der Waals surface area contributed by atoms with Gasteiger partial charge in [-0.1, -0.05) is 62.8 Å². The second-order valence-electron chi connectivity index (χ2n) is 10.6. The van der Waals surface area contributed by atoms with Gasteiger partial charge < -0.3 is 20.1 Å². The molecule has 0 aromatic rings. The number of allylic oxidation sites excluding steroid dienone is 5. The lowest BCUT2D eigenvalue weighted by Crippen LogP contribution is -2.34. The highest BCUT2D eigenvalue weighted by Crippen LogP contribution is 2.25. The molecule has 1 aliphatic rings. The van der Waals surface area contributed by atoms with E-state index in [0.29, 0.717) is 5.57 Å². The molecule has 0 saturated heterocycles. The second-order valence-corrected chi connectivity index (χ2v) is 10.6. The van der Waals surface area contributed by atoms with Crippen LogP contribution in [0.25, 0.3) is 0 Å². The molecule has 0 bridgehead atoms. The van der Waals surface area contributed by atoms with E-state index in [0.717, 1.165) is 17.6 Å². The zero-order valence-electron chi connectivity index (χ0n) is 23.2. The van der Waals surface area contributed by atoms with Crippen LogP contribution in [0.5, 0.6) is 0 Å². The van der Waals surface area contributed by atoms with Crippen LogP contribution in [0.15, 0.2) is 58.7 Å². The Morgan fingerprint density at radius 3 is 2.23 bits per heavy atom. The molecule has 0 aromatic carbocycles. The van der Waals surface area contributed by atoms with E-state index in [-0.39, 0.29) is 24.2 Å². The van der Waals surface area contributed by atoms with E-state index < -0.39 is 36.3 Å². The van der Waals surface area contributed by atoms with Crippen molar-refractivity contribution in [3.63, 3.8) is 0 Å². The van der Waals surface area contributed by atoms with Gasteiger partial charge in [0.25, 0.3) is 0 Å². The molecule has 0 spiro atoms. The normalized spacial score (nSPS) is 40.9. The molecular formula is C30H48O5. The first-order chi connectivity index (χ1) is 16.3. The van der Waals surface area contributed by atoms with Crippen molar-refractivity contribution >= 4 is 5.97 Å². The minimum atomic E-state index is -0.946. The molecule has 0 saturated carbocycles. The number of hydrogen-bond donors (Lipinski definition) is 3. The molecule has 198 valence electrons. The van der Waals surface area contributed by atoms with Crippen LogP contribution in [0.3, 0.4) is 0 Å². The van der Waals surface area contributed by atoms with Gasteiger partial charge in [0.1, 0.15) is 6.10 Å². The van der Waals surface area contributed by atoms with Gasteiger partial charge in [0.05, 0.1) is 24.2 Å². The zero-order chi connectivity index (χ0) is 26.9. The van der Waals surface area contributed by atoms with Crippen LogP contribution in [0.1, 0.15) is 75.2 Å². The van der Waals surface area contributed by atoms with Crippen LogP contribution in [-0.2, 0) is 9.53 Å². The summed E-state index contributed by atoms with van der Waals surface area (Å²) in [7, 11) is 0. The SMILES string of the molecule is C/C=C(\C)[C@H]1OC(=O)[C@H](C)[C@@H](O)/C(C)=C/C=C/[C@H](C)C/C(C)=C/[C@@H](C)[C@H](O)C[C@@H](O)/C(C)=C/[C@H]1C. The molecule has 0 fully saturated rings. The standard InChI is InChI=1S/C30H48O5/c1-10-20(4)29-24(8)16-23(7)27(32)17-26(31)22(6)15-19(3)14-18(2)12-11-13-21(5)28(33)25(9)30(34)35-29/h10-13,15-16,18,22,24-29,31-33H,14,17H2,1-9H3/b12-11+,19-15+,20-10+,21-13+,23-16+/t18-,22+,24+,25+,26+,27+,28-,29+/m0/s1. The summed E-state index contributed by atoms with van der Waals surface area (Å²) in [5.41, 5.74) is 3.50. The van der Waals surface area contributed by atoms with Gasteiger partial charge in [-0.3, -0.25) is 4.79 Å². The van der Waals surface area contributed by atoms with Crippen molar-refractivity contribution in [2.45, 2.75) is 99.6 Å². The molecule has 1 aliphatic heterocycles. The lowest BCUT2D eigenvalue weighted by Gasteiger charge is -2.27. The molecule has 8 atom stereocenters. The number of hydrogen-bond acceptors (Lipinski definition) is 5. The van der Waals surface area contributed by atoms with Crippen molar-refractivity contribution in [2.24, 2.45) is 23.7 Å². The fourth-order valence-corrected chi connectivity index (χ4v) is 4.48. The fourth-order valence-electron chi connectivity index (χ4n) is 4.48. The number of aliphatic hydroxyl groups is 3. The number of carbonyl (C=O) groups is 1. The van der Waals surface area contributed by atoms with Crippen LogP contribution in [-0.4, -0.2) is 45.7 Å². The minimum absolute atomic E-state index is 0.0885. The molecule has 3 N–H and O–H groups in total. The highest BCUT2D eigenvalue weighted by molar-refractivity contribution is 5.73. The molecule has 5 heteroatoms. The van der Waals surface area contributed by atoms with E-state index in [9.17, 15) is 20.1 Å². The van der Waals surface area contributed by atoms with Crippen molar-refractivity contribution in [3.8, 4) is 0 Å². The van der Waals surface area contributed by atoms with Crippen LogP contribution in [0.2, 0.25) is 0 Å². The molecule has 0 unspecified atom stereocenters. The summed E-state index contributed by atoms with van der Waals surface area (Å²) in [6.45, 7) is 17.2. The zero-order valence-corrected chi connectivity index (χ0v) is 23.2. The van der Waals surface area contributed by atoms with Gasteiger partial charge in [0.2, 0.25) is 0 Å². The van der Waals surface area contributed by atoms with Crippen molar-refractivity contribution in [3.05, 3.63) is 58.7 Å². The first-order valence-corrected chi connectivity index (χ1v) is 12.9. The summed E-state index contributed by atoms with van der Waals surface area (Å²) in [5, 5.41) is 32.3. The van der Waals surface area contributed by atoms with Gasteiger partial charge in [-0.2, -0.15) is 0 Å². The minimum Gasteiger partial charge on any atom is -0.457 e. The van der Waals surface area contributed by atoms with Gasteiger partial charge in [-0.25, -0.2) is 0 Å². The maximum absolute atomic E-state index is 13.0. The molecule has 0 radical (unpaired) electrons. The lowest BCUT2D eigenvalue weighted by molar-refractivity contribution is -0.156. The monoisotopic (exact) mass is 488 g/mol. The summed E-state index contributed by atoms with van der Waals surface area (Å²) in [6.07, 6.45) is 9.87. The van der Waals surface area contributed by atoms with E-state index in [1.807, 2.05) is 65.8 Å². The number of ether oxygens (including phenoxy) is 1. The van der Waals surface area contributed by atoms with Crippen molar-refractivity contribution in [2.75, 3.05) is 0 Å². The molecule has 0 aliphatic carbocycles. The predicted molar refractivity (Wildman–Crippen MR) is 144 cm³/mol. The van der Waals surface area contributed by atoms with Gasteiger partial charge in [-0.15, -0.1) is 0 Å². The van der Waals surface area contributed by atoms with Gasteiger partial charge in [0.15, 0.2) is 0 Å². The summed E-state index contributed by atoms with van der Waals surface area (Å²) >= 11 is 0. The Kier molecular flexibility index (Phi) is 12.9. The Morgan fingerprint density at radius 2 is 1.63 bits per heavy atom. The second kappa shape index (κ2) is 14.6. The Balaban J connectivity index is 3.38. The van der Waals surface area contributed by atoms with E-state index in [4.69, 9.17) is 4.74 Å². The lowest BCUT2D eigenvalue weighted by atomic mass is 9.90. The number of cyclic esters (lactones) is 1. The smallest absolute Gasteiger partial charge is 0.312 e. The third-order valence-corrected chi connectivity index (χ3v) is 7.05. The summed E-state index contributed by atoms with van der Waals surface area (Å²) in [4.78, 5) is 13.0. The highest BCUT2D eigenvalue weighted by atomic mass is 16.5.